The first kappa shape index (κ1) is 17.8. The van der Waals surface area contributed by atoms with Crippen molar-refractivity contribution in [1.29, 1.82) is 0 Å². The van der Waals surface area contributed by atoms with E-state index in [-0.39, 0.29) is 12.5 Å². The Morgan fingerprint density at radius 1 is 1.27 bits per heavy atom. The number of hydrogen-bond acceptors (Lipinski definition) is 3. The van der Waals surface area contributed by atoms with E-state index >= 15 is 0 Å². The molecular formula is C17H23NO4. The second kappa shape index (κ2) is 8.22. The lowest BCUT2D eigenvalue weighted by molar-refractivity contribution is -0.136. The molecule has 0 aliphatic heterocycles. The summed E-state index contributed by atoms with van der Waals surface area (Å²) in [4.78, 5) is 22.5. The van der Waals surface area contributed by atoms with Crippen molar-refractivity contribution in [3.8, 4) is 0 Å². The summed E-state index contributed by atoms with van der Waals surface area (Å²) >= 11 is 0. The zero-order valence-electron chi connectivity index (χ0n) is 13.2. The van der Waals surface area contributed by atoms with Gasteiger partial charge in [0, 0.05) is 0 Å². The summed E-state index contributed by atoms with van der Waals surface area (Å²) in [6.07, 6.45) is 3.18. The van der Waals surface area contributed by atoms with Crippen LogP contribution < -0.4 is 5.32 Å². The molecule has 120 valence electrons. The van der Waals surface area contributed by atoms with Crippen LogP contribution >= 0.6 is 0 Å². The van der Waals surface area contributed by atoms with Crippen molar-refractivity contribution in [3.05, 3.63) is 48.0 Å². The molecule has 1 atom stereocenters. The topological polar surface area (TPSA) is 75.6 Å². The number of benzene rings is 1. The number of carboxylic acids is 1. The predicted octanol–water partition coefficient (Wildman–Crippen LogP) is 3.15. The fourth-order valence-corrected chi connectivity index (χ4v) is 1.83. The standard InChI is InChI=1S/C17H23NO4/c1-17(2,3)22-16(21)18-14(10-7-11-15(19)20)12-13-8-5-4-6-9-13/h4-10,14H,11-12H2,1-3H3,(H,18,21)(H,19,20)/t14-/m1/s1. The monoisotopic (exact) mass is 305 g/mol. The summed E-state index contributed by atoms with van der Waals surface area (Å²) in [6, 6.07) is 9.34. The van der Waals surface area contributed by atoms with Crippen LogP contribution in [0.5, 0.6) is 0 Å². The summed E-state index contributed by atoms with van der Waals surface area (Å²) < 4.78 is 5.23. The van der Waals surface area contributed by atoms with Crippen LogP contribution in [0.4, 0.5) is 4.79 Å². The minimum Gasteiger partial charge on any atom is -0.481 e. The van der Waals surface area contributed by atoms with Gasteiger partial charge >= 0.3 is 12.1 Å². The van der Waals surface area contributed by atoms with E-state index in [1.54, 1.807) is 26.8 Å². The van der Waals surface area contributed by atoms with E-state index < -0.39 is 17.7 Å². The molecule has 0 radical (unpaired) electrons. The van der Waals surface area contributed by atoms with Crippen molar-refractivity contribution < 1.29 is 19.4 Å². The average Bonchev–Trinajstić information content (AvgIpc) is 2.36. The summed E-state index contributed by atoms with van der Waals surface area (Å²) in [6.45, 7) is 5.37. The summed E-state index contributed by atoms with van der Waals surface area (Å²) in [5.41, 5.74) is 0.468. The van der Waals surface area contributed by atoms with Gasteiger partial charge in [0.1, 0.15) is 5.60 Å². The van der Waals surface area contributed by atoms with Gasteiger partial charge < -0.3 is 15.2 Å². The van der Waals surface area contributed by atoms with Crippen LogP contribution in [-0.2, 0) is 16.0 Å². The molecule has 0 saturated heterocycles. The highest BCUT2D eigenvalue weighted by atomic mass is 16.6. The smallest absolute Gasteiger partial charge is 0.408 e. The Morgan fingerprint density at radius 2 is 1.91 bits per heavy atom. The van der Waals surface area contributed by atoms with Crippen LogP contribution in [0.1, 0.15) is 32.8 Å². The maximum Gasteiger partial charge on any atom is 0.408 e. The van der Waals surface area contributed by atoms with Crippen molar-refractivity contribution in [1.82, 2.24) is 5.32 Å². The minimum absolute atomic E-state index is 0.0821. The maximum absolute atomic E-state index is 11.9. The fourth-order valence-electron chi connectivity index (χ4n) is 1.83. The van der Waals surface area contributed by atoms with Gasteiger partial charge in [-0.3, -0.25) is 4.79 Å². The molecule has 1 rings (SSSR count). The van der Waals surface area contributed by atoms with Crippen molar-refractivity contribution >= 4 is 12.1 Å². The molecule has 2 N–H and O–H groups in total. The van der Waals surface area contributed by atoms with E-state index in [1.165, 1.54) is 6.08 Å². The Kier molecular flexibility index (Phi) is 6.63. The van der Waals surface area contributed by atoms with Gasteiger partial charge in [0.05, 0.1) is 12.5 Å². The van der Waals surface area contributed by atoms with Gasteiger partial charge in [-0.1, -0.05) is 42.5 Å². The number of carboxylic acid groups (broad SMARTS) is 1. The van der Waals surface area contributed by atoms with Gasteiger partial charge in [-0.2, -0.15) is 0 Å². The molecule has 0 bridgehead atoms. The van der Waals surface area contributed by atoms with Gasteiger partial charge in [0.15, 0.2) is 0 Å². The molecule has 0 unspecified atom stereocenters. The second-order valence-corrected chi connectivity index (χ2v) is 5.97. The van der Waals surface area contributed by atoms with E-state index in [2.05, 4.69) is 5.32 Å². The summed E-state index contributed by atoms with van der Waals surface area (Å²) in [7, 11) is 0. The third-order valence-corrected chi connectivity index (χ3v) is 2.66. The quantitative estimate of drug-likeness (QED) is 0.792. The molecule has 0 aliphatic carbocycles. The molecule has 22 heavy (non-hydrogen) atoms. The summed E-state index contributed by atoms with van der Waals surface area (Å²) in [5, 5.41) is 11.4. The molecule has 5 nitrogen and oxygen atoms in total. The first-order valence-corrected chi connectivity index (χ1v) is 7.18. The number of ether oxygens (including phenoxy) is 1. The molecule has 0 spiro atoms. The number of amides is 1. The molecular weight excluding hydrogens is 282 g/mol. The van der Waals surface area contributed by atoms with Gasteiger partial charge in [0.25, 0.3) is 0 Å². The lowest BCUT2D eigenvalue weighted by Crippen LogP contribution is -2.39. The highest BCUT2D eigenvalue weighted by molar-refractivity contribution is 5.69. The fraction of sp³-hybridized carbons (Fsp3) is 0.412. The third-order valence-electron chi connectivity index (χ3n) is 2.66. The number of carbonyl (C=O) groups excluding carboxylic acids is 1. The first-order valence-electron chi connectivity index (χ1n) is 7.18. The van der Waals surface area contributed by atoms with Crippen LogP contribution in [0.3, 0.4) is 0 Å². The SMILES string of the molecule is CC(C)(C)OC(=O)N[C@H](C=CCC(=O)O)Cc1ccccc1. The molecule has 0 saturated carbocycles. The van der Waals surface area contributed by atoms with Gasteiger partial charge in [-0.15, -0.1) is 0 Å². The van der Waals surface area contributed by atoms with Gasteiger partial charge in [0.2, 0.25) is 0 Å². The normalized spacial score (nSPS) is 12.9. The van der Waals surface area contributed by atoms with Crippen molar-refractivity contribution in [3.63, 3.8) is 0 Å². The Balaban J connectivity index is 2.71. The largest absolute Gasteiger partial charge is 0.481 e. The minimum atomic E-state index is -0.910. The lowest BCUT2D eigenvalue weighted by Gasteiger charge is -2.22. The maximum atomic E-state index is 11.9. The number of rotatable bonds is 6. The Morgan fingerprint density at radius 3 is 2.45 bits per heavy atom. The number of aliphatic carboxylic acids is 1. The van der Waals surface area contributed by atoms with Crippen LogP contribution in [0, 0.1) is 0 Å². The Bertz CT molecular complexity index is 517. The van der Waals surface area contributed by atoms with Crippen LogP contribution in [0.15, 0.2) is 42.5 Å². The van der Waals surface area contributed by atoms with E-state index in [0.29, 0.717) is 6.42 Å². The number of carbonyl (C=O) groups is 2. The van der Waals surface area contributed by atoms with Crippen molar-refractivity contribution in [2.45, 2.75) is 45.3 Å². The summed E-state index contributed by atoms with van der Waals surface area (Å²) in [5.74, 6) is -0.910. The third kappa shape index (κ3) is 8.09. The molecule has 0 aromatic heterocycles. The zero-order chi connectivity index (χ0) is 16.6. The van der Waals surface area contributed by atoms with E-state index in [0.717, 1.165) is 5.56 Å². The van der Waals surface area contributed by atoms with E-state index in [4.69, 9.17) is 9.84 Å². The lowest BCUT2D eigenvalue weighted by atomic mass is 10.1. The number of hydrogen-bond donors (Lipinski definition) is 2. The molecule has 5 heteroatoms. The molecule has 1 amide bonds. The second-order valence-electron chi connectivity index (χ2n) is 5.97. The highest BCUT2D eigenvalue weighted by Gasteiger charge is 2.18. The average molecular weight is 305 g/mol. The first-order chi connectivity index (χ1) is 10.3. The van der Waals surface area contributed by atoms with E-state index in [9.17, 15) is 9.59 Å². The van der Waals surface area contributed by atoms with Gasteiger partial charge in [-0.05, 0) is 32.8 Å². The molecule has 0 aliphatic rings. The van der Waals surface area contributed by atoms with Crippen molar-refractivity contribution in [2.75, 3.05) is 0 Å². The Labute approximate surface area is 131 Å². The Hall–Kier alpha value is -2.30. The predicted molar refractivity (Wildman–Crippen MR) is 84.7 cm³/mol. The van der Waals surface area contributed by atoms with Crippen LogP contribution in [-0.4, -0.2) is 28.8 Å². The number of alkyl carbamates (subject to hydrolysis) is 1. The zero-order valence-corrected chi connectivity index (χ0v) is 13.2. The van der Waals surface area contributed by atoms with Crippen molar-refractivity contribution in [2.24, 2.45) is 0 Å². The number of nitrogens with one attached hydrogen (secondary N) is 1. The van der Waals surface area contributed by atoms with Crippen LogP contribution in [0.25, 0.3) is 0 Å². The highest BCUT2D eigenvalue weighted by Crippen LogP contribution is 2.09. The van der Waals surface area contributed by atoms with Crippen LogP contribution in [0.2, 0.25) is 0 Å². The molecule has 1 aromatic carbocycles. The molecule has 1 aromatic rings. The molecule has 0 fully saturated rings. The van der Waals surface area contributed by atoms with E-state index in [1.807, 2.05) is 30.3 Å². The molecule has 0 heterocycles. The van der Waals surface area contributed by atoms with Gasteiger partial charge in [-0.25, -0.2) is 4.79 Å².